The first-order valence-electron chi connectivity index (χ1n) is 15.1. The SMILES string of the molecule is O=C(CN1C[C@@H](c2ccccc2)NC1=S)N(Cc1cccnc1)C1(C(=O)Nc2ccc(N3CCOCC3)cc2)CCCC1. The van der Waals surface area contributed by atoms with Crippen molar-refractivity contribution < 1.29 is 14.3 Å². The van der Waals surface area contributed by atoms with Crippen LogP contribution in [0, 0.1) is 0 Å². The van der Waals surface area contributed by atoms with E-state index in [1.54, 1.807) is 17.3 Å². The number of pyridine rings is 1. The predicted molar refractivity (Wildman–Crippen MR) is 171 cm³/mol. The van der Waals surface area contributed by atoms with Gasteiger partial charge in [0.15, 0.2) is 5.11 Å². The Bertz CT molecular complexity index is 1410. The molecule has 2 amide bonds. The molecule has 2 saturated heterocycles. The van der Waals surface area contributed by atoms with Crippen LogP contribution in [0.4, 0.5) is 11.4 Å². The number of anilines is 2. The van der Waals surface area contributed by atoms with Crippen LogP contribution in [0.1, 0.15) is 42.9 Å². The van der Waals surface area contributed by atoms with E-state index in [2.05, 4.69) is 32.7 Å². The summed E-state index contributed by atoms with van der Waals surface area (Å²) in [6, 6.07) is 21.9. The van der Waals surface area contributed by atoms with Crippen LogP contribution < -0.4 is 15.5 Å². The van der Waals surface area contributed by atoms with Gasteiger partial charge in [0.1, 0.15) is 5.54 Å². The minimum absolute atomic E-state index is 0.0115. The van der Waals surface area contributed by atoms with Crippen molar-refractivity contribution in [3.05, 3.63) is 90.3 Å². The van der Waals surface area contributed by atoms with E-state index in [1.165, 1.54) is 0 Å². The number of carbonyl (C=O) groups excluding carboxylic acids is 2. The number of ether oxygens (including phenoxy) is 1. The van der Waals surface area contributed by atoms with Gasteiger partial charge in [0.2, 0.25) is 11.8 Å². The molecule has 2 aromatic carbocycles. The molecule has 3 fully saturated rings. The molecule has 0 radical (unpaired) electrons. The Hall–Kier alpha value is -4.02. The highest BCUT2D eigenvalue weighted by Gasteiger charge is 2.49. The third-order valence-electron chi connectivity index (χ3n) is 8.75. The number of amides is 2. The van der Waals surface area contributed by atoms with Gasteiger partial charge in [0.25, 0.3) is 0 Å². The number of nitrogens with zero attached hydrogens (tertiary/aromatic N) is 4. The Morgan fingerprint density at radius 3 is 2.47 bits per heavy atom. The molecular weight excluding hydrogens is 560 g/mol. The van der Waals surface area contributed by atoms with Crippen LogP contribution in [0.2, 0.25) is 0 Å². The van der Waals surface area contributed by atoms with E-state index < -0.39 is 5.54 Å². The summed E-state index contributed by atoms with van der Waals surface area (Å²) in [5.41, 5.74) is 2.86. The molecule has 1 aromatic heterocycles. The van der Waals surface area contributed by atoms with Crippen molar-refractivity contribution in [2.75, 3.05) is 49.6 Å². The monoisotopic (exact) mass is 598 g/mol. The molecule has 10 heteroatoms. The van der Waals surface area contributed by atoms with Crippen LogP contribution >= 0.6 is 12.2 Å². The lowest BCUT2D eigenvalue weighted by Crippen LogP contribution is -2.59. The summed E-state index contributed by atoms with van der Waals surface area (Å²) < 4.78 is 5.47. The first kappa shape index (κ1) is 29.1. The smallest absolute Gasteiger partial charge is 0.250 e. The van der Waals surface area contributed by atoms with Gasteiger partial charge >= 0.3 is 0 Å². The van der Waals surface area contributed by atoms with E-state index in [0.29, 0.717) is 44.3 Å². The third kappa shape index (κ3) is 6.50. The van der Waals surface area contributed by atoms with Crippen molar-refractivity contribution >= 4 is 40.5 Å². The highest BCUT2D eigenvalue weighted by atomic mass is 32.1. The molecule has 6 rings (SSSR count). The topological polar surface area (TPSA) is 90.0 Å². The van der Waals surface area contributed by atoms with Crippen molar-refractivity contribution in [3.63, 3.8) is 0 Å². The fourth-order valence-electron chi connectivity index (χ4n) is 6.40. The Morgan fingerprint density at radius 1 is 1.02 bits per heavy atom. The fourth-order valence-corrected chi connectivity index (χ4v) is 6.69. The maximum atomic E-state index is 14.2. The first-order valence-corrected chi connectivity index (χ1v) is 15.5. The number of rotatable bonds is 9. The van der Waals surface area contributed by atoms with Gasteiger partial charge in [-0.2, -0.15) is 0 Å². The van der Waals surface area contributed by atoms with Crippen LogP contribution in [-0.4, -0.2) is 76.6 Å². The molecule has 0 bridgehead atoms. The summed E-state index contributed by atoms with van der Waals surface area (Å²) in [5.74, 6) is -0.271. The number of aromatic nitrogens is 1. The highest BCUT2D eigenvalue weighted by molar-refractivity contribution is 7.80. The van der Waals surface area contributed by atoms with Gasteiger partial charge in [-0.25, -0.2) is 0 Å². The predicted octanol–water partition coefficient (Wildman–Crippen LogP) is 4.13. The lowest BCUT2D eigenvalue weighted by molar-refractivity contribution is -0.146. The maximum absolute atomic E-state index is 14.2. The van der Waals surface area contributed by atoms with E-state index >= 15 is 0 Å². The van der Waals surface area contributed by atoms with Gasteiger partial charge in [-0.15, -0.1) is 0 Å². The zero-order chi connectivity index (χ0) is 29.6. The molecule has 3 heterocycles. The van der Waals surface area contributed by atoms with Crippen molar-refractivity contribution in [3.8, 4) is 0 Å². The van der Waals surface area contributed by atoms with Crippen molar-refractivity contribution in [1.29, 1.82) is 0 Å². The van der Waals surface area contributed by atoms with Crippen LogP contribution in [-0.2, 0) is 20.9 Å². The zero-order valence-corrected chi connectivity index (χ0v) is 25.1. The second-order valence-electron chi connectivity index (χ2n) is 11.5. The number of benzene rings is 2. The molecule has 1 atom stereocenters. The molecule has 1 aliphatic carbocycles. The fraction of sp³-hybridized carbons (Fsp3) is 0.394. The van der Waals surface area contributed by atoms with Gasteiger partial charge in [0.05, 0.1) is 25.8 Å². The van der Waals surface area contributed by atoms with Gasteiger partial charge in [-0.05, 0) is 66.5 Å². The van der Waals surface area contributed by atoms with E-state index in [9.17, 15) is 9.59 Å². The molecule has 2 N–H and O–H groups in total. The Kier molecular flexibility index (Phi) is 8.85. The second kappa shape index (κ2) is 13.1. The summed E-state index contributed by atoms with van der Waals surface area (Å²) in [6.45, 7) is 4.11. The molecule has 1 saturated carbocycles. The minimum Gasteiger partial charge on any atom is -0.378 e. The summed E-state index contributed by atoms with van der Waals surface area (Å²) in [7, 11) is 0. The molecule has 2 aliphatic heterocycles. The first-order chi connectivity index (χ1) is 21.0. The summed E-state index contributed by atoms with van der Waals surface area (Å²) >= 11 is 5.66. The zero-order valence-electron chi connectivity index (χ0n) is 24.3. The lowest BCUT2D eigenvalue weighted by atomic mass is 9.92. The number of hydrogen-bond donors (Lipinski definition) is 2. The Morgan fingerprint density at radius 2 is 1.77 bits per heavy atom. The van der Waals surface area contributed by atoms with Crippen LogP contribution in [0.25, 0.3) is 0 Å². The third-order valence-corrected chi connectivity index (χ3v) is 9.13. The van der Waals surface area contributed by atoms with Crippen molar-refractivity contribution in [2.45, 2.75) is 43.8 Å². The van der Waals surface area contributed by atoms with Crippen LogP contribution in [0.5, 0.6) is 0 Å². The lowest BCUT2D eigenvalue weighted by Gasteiger charge is -2.41. The number of carbonyl (C=O) groups is 2. The number of morpholine rings is 1. The quantitative estimate of drug-likeness (QED) is 0.356. The van der Waals surface area contributed by atoms with Gasteiger partial charge in [-0.3, -0.25) is 14.6 Å². The molecule has 3 aliphatic rings. The largest absolute Gasteiger partial charge is 0.378 e. The normalized spacial score (nSPS) is 19.6. The number of thiocarbonyl (C=S) groups is 1. The maximum Gasteiger partial charge on any atom is 0.250 e. The average molecular weight is 599 g/mol. The van der Waals surface area contributed by atoms with E-state index in [-0.39, 0.29) is 24.4 Å². The molecule has 43 heavy (non-hydrogen) atoms. The van der Waals surface area contributed by atoms with E-state index in [0.717, 1.165) is 48.4 Å². The van der Waals surface area contributed by atoms with Crippen molar-refractivity contribution in [1.82, 2.24) is 20.1 Å². The summed E-state index contributed by atoms with van der Waals surface area (Å²) in [5, 5.41) is 7.08. The van der Waals surface area contributed by atoms with Crippen LogP contribution in [0.15, 0.2) is 79.1 Å². The summed E-state index contributed by atoms with van der Waals surface area (Å²) in [6.07, 6.45) is 6.43. The average Bonchev–Trinajstić information content (AvgIpc) is 3.69. The highest BCUT2D eigenvalue weighted by Crippen LogP contribution is 2.38. The van der Waals surface area contributed by atoms with Crippen LogP contribution in [0.3, 0.4) is 0 Å². The van der Waals surface area contributed by atoms with Gasteiger partial charge < -0.3 is 30.1 Å². The van der Waals surface area contributed by atoms with Gasteiger partial charge in [0, 0.05) is 49.9 Å². The van der Waals surface area contributed by atoms with Gasteiger partial charge in [-0.1, -0.05) is 49.2 Å². The minimum atomic E-state index is -0.969. The number of hydrogen-bond acceptors (Lipinski definition) is 6. The van der Waals surface area contributed by atoms with E-state index in [4.69, 9.17) is 17.0 Å². The summed E-state index contributed by atoms with van der Waals surface area (Å²) in [4.78, 5) is 38.7. The standard InChI is InChI=1S/C33H38N6O3S/c40-30(24-38-23-29(36-32(38)43)26-8-2-1-3-9-26)39(22-25-7-6-16-34-21-25)33(14-4-5-15-33)31(41)35-27-10-12-28(13-11-27)37-17-19-42-20-18-37/h1-3,6-13,16,21,29H,4-5,14-15,17-20,22-24H2,(H,35,41)(H,36,43)/t29-/m0/s1. The van der Waals surface area contributed by atoms with E-state index in [1.807, 2.05) is 59.5 Å². The Labute approximate surface area is 258 Å². The Balaban J connectivity index is 1.22. The number of nitrogens with one attached hydrogen (secondary N) is 2. The molecule has 224 valence electrons. The second-order valence-corrected chi connectivity index (χ2v) is 11.9. The molecular formula is C33H38N6O3S. The molecule has 9 nitrogen and oxygen atoms in total. The molecule has 0 unspecified atom stereocenters. The molecule has 0 spiro atoms. The van der Waals surface area contributed by atoms with Crippen molar-refractivity contribution in [2.24, 2.45) is 0 Å². The molecule has 3 aromatic rings.